The number of imidazole rings is 1. The predicted molar refractivity (Wildman–Crippen MR) is 76.8 cm³/mol. The highest BCUT2D eigenvalue weighted by Gasteiger charge is 2.12. The Kier molecular flexibility index (Phi) is 2.97. The molecule has 0 bridgehead atoms. The van der Waals surface area contributed by atoms with Crippen molar-refractivity contribution in [2.24, 2.45) is 12.8 Å². The van der Waals surface area contributed by atoms with Crippen LogP contribution in [0, 0.1) is 0 Å². The fourth-order valence-electron chi connectivity index (χ4n) is 2.13. The summed E-state index contributed by atoms with van der Waals surface area (Å²) in [6.45, 7) is 0.488. The first kappa shape index (κ1) is 12.1. The van der Waals surface area contributed by atoms with Gasteiger partial charge in [-0.25, -0.2) is 4.98 Å². The summed E-state index contributed by atoms with van der Waals surface area (Å²) < 4.78 is 1.96. The van der Waals surface area contributed by atoms with Crippen LogP contribution in [0.5, 0.6) is 0 Å². The van der Waals surface area contributed by atoms with Crippen molar-refractivity contribution < 1.29 is 0 Å². The zero-order chi connectivity index (χ0) is 13.4. The monoisotopic (exact) mass is 272 g/mol. The third kappa shape index (κ3) is 1.99. The average molecular weight is 273 g/mol. The predicted octanol–water partition coefficient (Wildman–Crippen LogP) is 2.75. The van der Waals surface area contributed by atoms with E-state index >= 15 is 0 Å². The van der Waals surface area contributed by atoms with Gasteiger partial charge in [-0.1, -0.05) is 23.7 Å². The summed E-state index contributed by atoms with van der Waals surface area (Å²) >= 11 is 6.21. The molecule has 5 heteroatoms. The number of fused-ring (bicyclic) bond motifs is 1. The van der Waals surface area contributed by atoms with Crippen LogP contribution in [0.25, 0.3) is 22.6 Å². The van der Waals surface area contributed by atoms with Gasteiger partial charge in [0.25, 0.3) is 0 Å². The number of aryl methyl sites for hydroxylation is 1. The maximum Gasteiger partial charge on any atom is 0.159 e. The lowest BCUT2D eigenvalue weighted by Crippen LogP contribution is -1.99. The van der Waals surface area contributed by atoms with Crippen molar-refractivity contribution in [2.75, 3.05) is 0 Å². The normalized spacial score (nSPS) is 11.1. The molecule has 1 aromatic carbocycles. The van der Waals surface area contributed by atoms with E-state index in [9.17, 15) is 0 Å². The van der Waals surface area contributed by atoms with Gasteiger partial charge in [-0.3, -0.25) is 4.98 Å². The first-order valence-corrected chi connectivity index (χ1v) is 6.35. The Hall–Kier alpha value is -1.91. The molecule has 2 aromatic heterocycles. The molecule has 4 nitrogen and oxygen atoms in total. The summed E-state index contributed by atoms with van der Waals surface area (Å²) in [6, 6.07) is 9.59. The molecule has 0 radical (unpaired) electrons. The second kappa shape index (κ2) is 4.64. The Morgan fingerprint density at radius 1 is 1.26 bits per heavy atom. The highest BCUT2D eigenvalue weighted by atomic mass is 35.5. The summed E-state index contributed by atoms with van der Waals surface area (Å²) in [5, 5.41) is 0.692. The van der Waals surface area contributed by atoms with Gasteiger partial charge in [-0.15, -0.1) is 0 Å². The Balaban J connectivity index is 2.19. The number of nitrogens with two attached hydrogens (primary N) is 1. The van der Waals surface area contributed by atoms with Crippen molar-refractivity contribution in [2.45, 2.75) is 6.54 Å². The van der Waals surface area contributed by atoms with E-state index < -0.39 is 0 Å². The second-order valence-electron chi connectivity index (χ2n) is 4.36. The number of hydrogen-bond donors (Lipinski definition) is 1. The lowest BCUT2D eigenvalue weighted by molar-refractivity contribution is 0.947. The highest BCUT2D eigenvalue weighted by Crippen LogP contribution is 2.27. The Labute approximate surface area is 115 Å². The van der Waals surface area contributed by atoms with Crippen LogP contribution in [0.2, 0.25) is 5.02 Å². The van der Waals surface area contributed by atoms with Gasteiger partial charge in [0.05, 0.1) is 16.1 Å². The van der Waals surface area contributed by atoms with E-state index in [1.807, 2.05) is 41.9 Å². The van der Waals surface area contributed by atoms with Crippen LogP contribution < -0.4 is 5.73 Å². The van der Waals surface area contributed by atoms with Crippen LogP contribution in [0.15, 0.2) is 36.5 Å². The van der Waals surface area contributed by atoms with Crippen LogP contribution in [0.4, 0.5) is 0 Å². The number of nitrogens with zero attached hydrogens (tertiary/aromatic N) is 3. The molecular weight excluding hydrogens is 260 g/mol. The van der Waals surface area contributed by atoms with E-state index in [-0.39, 0.29) is 0 Å². The van der Waals surface area contributed by atoms with Gasteiger partial charge in [0.2, 0.25) is 0 Å². The number of halogens is 1. The molecule has 19 heavy (non-hydrogen) atoms. The number of aromatic nitrogens is 3. The molecular formula is C14H13ClN4. The fourth-order valence-corrected chi connectivity index (χ4v) is 2.42. The highest BCUT2D eigenvalue weighted by molar-refractivity contribution is 6.35. The fraction of sp³-hybridized carbons (Fsp3) is 0.143. The first-order valence-electron chi connectivity index (χ1n) is 5.97. The van der Waals surface area contributed by atoms with E-state index in [0.717, 1.165) is 28.1 Å². The van der Waals surface area contributed by atoms with Gasteiger partial charge >= 0.3 is 0 Å². The maximum atomic E-state index is 6.21. The van der Waals surface area contributed by atoms with Gasteiger partial charge in [0, 0.05) is 19.8 Å². The van der Waals surface area contributed by atoms with Gasteiger partial charge in [-0.2, -0.15) is 0 Å². The van der Waals surface area contributed by atoms with Crippen LogP contribution in [-0.4, -0.2) is 14.5 Å². The molecule has 0 aliphatic rings. The van der Waals surface area contributed by atoms with Crippen molar-refractivity contribution >= 4 is 22.6 Å². The molecule has 0 atom stereocenters. The number of benzene rings is 1. The van der Waals surface area contributed by atoms with E-state index in [1.165, 1.54) is 0 Å². The molecule has 2 N–H and O–H groups in total. The SMILES string of the molecule is Cn1c(-c2ccc(CN)cn2)nc2cccc(Cl)c21. The molecule has 0 unspecified atom stereocenters. The Bertz CT molecular complexity index is 731. The zero-order valence-electron chi connectivity index (χ0n) is 10.5. The number of pyridine rings is 1. The molecule has 3 rings (SSSR count). The topological polar surface area (TPSA) is 56.7 Å². The van der Waals surface area contributed by atoms with E-state index in [0.29, 0.717) is 11.6 Å². The van der Waals surface area contributed by atoms with Crippen molar-refractivity contribution in [3.8, 4) is 11.5 Å². The quantitative estimate of drug-likeness (QED) is 0.780. The smallest absolute Gasteiger partial charge is 0.159 e. The summed E-state index contributed by atoms with van der Waals surface area (Å²) in [6.07, 6.45) is 1.77. The molecule has 0 aliphatic carbocycles. The minimum absolute atomic E-state index is 0.488. The van der Waals surface area contributed by atoms with Crippen LogP contribution in [0.3, 0.4) is 0 Å². The van der Waals surface area contributed by atoms with Gasteiger partial charge in [-0.05, 0) is 23.8 Å². The van der Waals surface area contributed by atoms with Gasteiger partial charge in [0.1, 0.15) is 5.69 Å². The Morgan fingerprint density at radius 2 is 2.11 bits per heavy atom. The molecule has 3 aromatic rings. The van der Waals surface area contributed by atoms with Gasteiger partial charge < -0.3 is 10.3 Å². The third-order valence-corrected chi connectivity index (χ3v) is 3.44. The second-order valence-corrected chi connectivity index (χ2v) is 4.77. The number of rotatable bonds is 2. The van der Waals surface area contributed by atoms with E-state index in [4.69, 9.17) is 17.3 Å². The van der Waals surface area contributed by atoms with Gasteiger partial charge in [0.15, 0.2) is 5.82 Å². The number of para-hydroxylation sites is 1. The largest absolute Gasteiger partial charge is 0.326 e. The van der Waals surface area contributed by atoms with Crippen LogP contribution in [0.1, 0.15) is 5.56 Å². The molecule has 2 heterocycles. The third-order valence-electron chi connectivity index (χ3n) is 3.13. The minimum atomic E-state index is 0.488. The van der Waals surface area contributed by atoms with E-state index in [1.54, 1.807) is 6.20 Å². The molecule has 0 amide bonds. The van der Waals surface area contributed by atoms with Crippen molar-refractivity contribution in [1.82, 2.24) is 14.5 Å². The first-order chi connectivity index (χ1) is 9.20. The van der Waals surface area contributed by atoms with Crippen LogP contribution >= 0.6 is 11.6 Å². The summed E-state index contributed by atoms with van der Waals surface area (Å²) in [5.41, 5.74) is 9.17. The van der Waals surface area contributed by atoms with Crippen molar-refractivity contribution in [3.63, 3.8) is 0 Å². The zero-order valence-corrected chi connectivity index (χ0v) is 11.2. The maximum absolute atomic E-state index is 6.21. The molecule has 0 fully saturated rings. The van der Waals surface area contributed by atoms with Crippen LogP contribution in [-0.2, 0) is 13.6 Å². The molecule has 96 valence electrons. The molecule has 0 aliphatic heterocycles. The van der Waals surface area contributed by atoms with Crippen molar-refractivity contribution in [3.05, 3.63) is 47.1 Å². The standard InChI is InChI=1S/C14H13ClN4/c1-19-13-10(15)3-2-4-11(13)18-14(19)12-6-5-9(7-16)8-17-12/h2-6,8H,7,16H2,1H3. The summed E-state index contributed by atoms with van der Waals surface area (Å²) in [4.78, 5) is 8.98. The minimum Gasteiger partial charge on any atom is -0.326 e. The lowest BCUT2D eigenvalue weighted by atomic mass is 10.2. The average Bonchev–Trinajstić information content (AvgIpc) is 2.78. The summed E-state index contributed by atoms with van der Waals surface area (Å²) in [5.74, 6) is 0.798. The molecule has 0 saturated carbocycles. The van der Waals surface area contributed by atoms with E-state index in [2.05, 4.69) is 9.97 Å². The lowest BCUT2D eigenvalue weighted by Gasteiger charge is -2.03. The molecule has 0 spiro atoms. The summed E-state index contributed by atoms with van der Waals surface area (Å²) in [7, 11) is 1.94. The molecule has 0 saturated heterocycles. The Morgan fingerprint density at radius 3 is 2.74 bits per heavy atom. The number of hydrogen-bond acceptors (Lipinski definition) is 3. The van der Waals surface area contributed by atoms with Crippen molar-refractivity contribution in [1.29, 1.82) is 0 Å².